The molecule has 3 aromatic carbocycles. The first kappa shape index (κ1) is 22.9. The van der Waals surface area contributed by atoms with Crippen LogP contribution in [0.2, 0.25) is 10.0 Å². The highest BCUT2D eigenvalue weighted by molar-refractivity contribution is 6.32. The second kappa shape index (κ2) is 10.1. The molecule has 0 unspecified atom stereocenters. The summed E-state index contributed by atoms with van der Waals surface area (Å²) < 4.78 is 18.9. The van der Waals surface area contributed by atoms with Gasteiger partial charge in [-0.3, -0.25) is 20.4 Å². The molecule has 0 bridgehead atoms. The molecule has 6 nitrogen and oxygen atoms in total. The van der Waals surface area contributed by atoms with E-state index < -0.39 is 5.92 Å². The number of hydrogen-bond donors (Lipinski definition) is 2. The average Bonchev–Trinajstić information content (AvgIpc) is 3.20. The summed E-state index contributed by atoms with van der Waals surface area (Å²) in [6, 6.07) is 18.0. The van der Waals surface area contributed by atoms with Crippen LogP contribution in [0.3, 0.4) is 0 Å². The van der Waals surface area contributed by atoms with Gasteiger partial charge in [-0.2, -0.15) is 0 Å². The fourth-order valence-electron chi connectivity index (χ4n) is 3.46. The summed E-state index contributed by atoms with van der Waals surface area (Å²) in [4.78, 5) is 26.3. The molecule has 33 heavy (non-hydrogen) atoms. The van der Waals surface area contributed by atoms with Gasteiger partial charge in [-0.1, -0.05) is 41.4 Å². The Labute approximate surface area is 200 Å². The van der Waals surface area contributed by atoms with Crippen molar-refractivity contribution in [1.29, 1.82) is 0 Å². The number of anilines is 2. The zero-order valence-corrected chi connectivity index (χ0v) is 18.9. The number of ether oxygens (including phenoxy) is 1. The van der Waals surface area contributed by atoms with Gasteiger partial charge in [0.2, 0.25) is 11.8 Å². The van der Waals surface area contributed by atoms with E-state index in [0.717, 1.165) is 5.56 Å². The number of nitrogens with one attached hydrogen (secondary N) is 2. The Balaban J connectivity index is 1.31. The van der Waals surface area contributed by atoms with E-state index >= 15 is 0 Å². The third-order valence-electron chi connectivity index (χ3n) is 5.24. The number of hydrogen-bond acceptors (Lipinski definition) is 4. The Kier molecular flexibility index (Phi) is 7.01. The minimum Gasteiger partial charge on any atom is -0.487 e. The normalized spacial score (nSPS) is 15.4. The minimum atomic E-state index is -0.538. The van der Waals surface area contributed by atoms with Crippen LogP contribution in [0.4, 0.5) is 15.8 Å². The molecule has 0 aliphatic carbocycles. The summed E-state index contributed by atoms with van der Waals surface area (Å²) in [5.74, 6) is -0.968. The monoisotopic (exact) mass is 487 g/mol. The number of hydrazine groups is 1. The number of halogens is 3. The van der Waals surface area contributed by atoms with Crippen molar-refractivity contribution < 1.29 is 18.7 Å². The highest BCUT2D eigenvalue weighted by atomic mass is 35.5. The zero-order valence-electron chi connectivity index (χ0n) is 17.4. The smallest absolute Gasteiger partial charge is 0.243 e. The third-order valence-corrected chi connectivity index (χ3v) is 5.90. The van der Waals surface area contributed by atoms with Gasteiger partial charge in [-0.25, -0.2) is 4.39 Å². The van der Waals surface area contributed by atoms with Crippen LogP contribution in [0.1, 0.15) is 12.0 Å². The number of rotatable bonds is 7. The van der Waals surface area contributed by atoms with E-state index in [-0.39, 0.29) is 37.2 Å². The lowest BCUT2D eigenvalue weighted by Crippen LogP contribution is -2.36. The molecule has 170 valence electrons. The molecule has 1 saturated heterocycles. The van der Waals surface area contributed by atoms with Crippen LogP contribution in [0, 0.1) is 11.7 Å². The van der Waals surface area contributed by atoms with Gasteiger partial charge < -0.3 is 9.64 Å². The van der Waals surface area contributed by atoms with Crippen molar-refractivity contribution in [3.05, 3.63) is 88.2 Å². The van der Waals surface area contributed by atoms with E-state index in [1.54, 1.807) is 24.3 Å². The molecule has 3 aromatic rings. The lowest BCUT2D eigenvalue weighted by molar-refractivity contribution is -0.125. The van der Waals surface area contributed by atoms with Gasteiger partial charge in [0.25, 0.3) is 0 Å². The molecular formula is C24H20Cl2FN3O3. The van der Waals surface area contributed by atoms with Gasteiger partial charge in [0.15, 0.2) is 0 Å². The standard InChI is InChI=1S/C24H20Cl2FN3O3/c25-20-4-2-1-3-15(20)14-33-22-10-7-18(12-21(22)26)28-29-24(32)16-11-23(31)30(13-16)19-8-5-17(27)6-9-19/h1-10,12,16,28H,11,13-14H2,(H,29,32)/t16-/m0/s1. The van der Waals surface area contributed by atoms with E-state index in [4.69, 9.17) is 27.9 Å². The van der Waals surface area contributed by atoms with Gasteiger partial charge in [0, 0.05) is 29.2 Å². The maximum absolute atomic E-state index is 13.1. The van der Waals surface area contributed by atoms with Crippen molar-refractivity contribution in [3.63, 3.8) is 0 Å². The summed E-state index contributed by atoms with van der Waals surface area (Å²) >= 11 is 12.4. The summed E-state index contributed by atoms with van der Waals surface area (Å²) in [5, 5.41) is 0.970. The Morgan fingerprint density at radius 3 is 2.55 bits per heavy atom. The first-order valence-electron chi connectivity index (χ1n) is 10.2. The van der Waals surface area contributed by atoms with Gasteiger partial charge in [-0.05, 0) is 48.5 Å². The SMILES string of the molecule is O=C(NNc1ccc(OCc2ccccc2Cl)c(Cl)c1)[C@H]1CC(=O)N(c2ccc(F)cc2)C1. The van der Waals surface area contributed by atoms with E-state index in [2.05, 4.69) is 10.9 Å². The lowest BCUT2D eigenvalue weighted by Gasteiger charge is -2.17. The predicted molar refractivity (Wildman–Crippen MR) is 126 cm³/mol. The quantitative estimate of drug-likeness (QED) is 0.449. The summed E-state index contributed by atoms with van der Waals surface area (Å²) in [5.41, 5.74) is 7.37. The van der Waals surface area contributed by atoms with E-state index in [1.165, 1.54) is 29.2 Å². The topological polar surface area (TPSA) is 70.7 Å². The first-order chi connectivity index (χ1) is 15.9. The fourth-order valence-corrected chi connectivity index (χ4v) is 3.88. The van der Waals surface area contributed by atoms with Crippen molar-refractivity contribution in [1.82, 2.24) is 5.43 Å². The number of amides is 2. The summed E-state index contributed by atoms with van der Waals surface area (Å²) in [6.45, 7) is 0.483. The van der Waals surface area contributed by atoms with Gasteiger partial charge >= 0.3 is 0 Å². The van der Waals surface area contributed by atoms with Gasteiger partial charge in [0.1, 0.15) is 18.2 Å². The second-order valence-electron chi connectivity index (χ2n) is 7.52. The molecule has 1 aliphatic rings. The molecule has 0 aromatic heterocycles. The Morgan fingerprint density at radius 1 is 1.06 bits per heavy atom. The van der Waals surface area contributed by atoms with Crippen molar-refractivity contribution >= 4 is 46.4 Å². The van der Waals surface area contributed by atoms with Gasteiger partial charge in [-0.15, -0.1) is 0 Å². The van der Waals surface area contributed by atoms with Crippen LogP contribution in [-0.4, -0.2) is 18.4 Å². The minimum absolute atomic E-state index is 0.0699. The molecule has 9 heteroatoms. The number of nitrogens with zero attached hydrogens (tertiary/aromatic N) is 1. The van der Waals surface area contributed by atoms with Crippen molar-refractivity contribution in [2.45, 2.75) is 13.0 Å². The van der Waals surface area contributed by atoms with Crippen molar-refractivity contribution in [2.75, 3.05) is 16.9 Å². The molecule has 0 radical (unpaired) electrons. The molecule has 1 aliphatic heterocycles. The average molecular weight is 488 g/mol. The van der Waals surface area contributed by atoms with Crippen molar-refractivity contribution in [3.8, 4) is 5.75 Å². The molecule has 1 atom stereocenters. The molecule has 0 spiro atoms. The van der Waals surface area contributed by atoms with E-state index in [0.29, 0.717) is 27.2 Å². The molecular weight excluding hydrogens is 468 g/mol. The molecule has 1 heterocycles. The zero-order chi connectivity index (χ0) is 23.4. The van der Waals surface area contributed by atoms with Crippen LogP contribution in [0.5, 0.6) is 5.75 Å². The Bertz CT molecular complexity index is 1170. The molecule has 0 saturated carbocycles. The van der Waals surface area contributed by atoms with E-state index in [1.807, 2.05) is 18.2 Å². The molecule has 4 rings (SSSR count). The summed E-state index contributed by atoms with van der Waals surface area (Å²) in [7, 11) is 0. The van der Waals surface area contributed by atoms with Crippen LogP contribution < -0.4 is 20.5 Å². The van der Waals surface area contributed by atoms with Crippen molar-refractivity contribution in [2.24, 2.45) is 5.92 Å². The van der Waals surface area contributed by atoms with Crippen LogP contribution in [0.25, 0.3) is 0 Å². The Hall–Kier alpha value is -3.29. The molecule has 1 fully saturated rings. The highest BCUT2D eigenvalue weighted by Gasteiger charge is 2.35. The molecule has 2 amide bonds. The Morgan fingerprint density at radius 2 is 1.82 bits per heavy atom. The molecule has 2 N–H and O–H groups in total. The third kappa shape index (κ3) is 5.56. The number of carbonyl (C=O) groups is 2. The van der Waals surface area contributed by atoms with Gasteiger partial charge in [0.05, 0.1) is 16.6 Å². The van der Waals surface area contributed by atoms with Crippen LogP contribution in [-0.2, 0) is 16.2 Å². The lowest BCUT2D eigenvalue weighted by atomic mass is 10.1. The second-order valence-corrected chi connectivity index (χ2v) is 8.34. The number of carbonyl (C=O) groups excluding carboxylic acids is 2. The van der Waals surface area contributed by atoms with Crippen LogP contribution >= 0.6 is 23.2 Å². The fraction of sp³-hybridized carbons (Fsp3) is 0.167. The summed E-state index contributed by atoms with van der Waals surface area (Å²) in [6.07, 6.45) is 0.0699. The van der Waals surface area contributed by atoms with Crippen LogP contribution in [0.15, 0.2) is 66.7 Å². The first-order valence-corrected chi connectivity index (χ1v) is 10.9. The maximum Gasteiger partial charge on any atom is 0.243 e. The maximum atomic E-state index is 13.1. The largest absolute Gasteiger partial charge is 0.487 e. The predicted octanol–water partition coefficient (Wildman–Crippen LogP) is 5.21. The number of benzene rings is 3. The highest BCUT2D eigenvalue weighted by Crippen LogP contribution is 2.29. The van der Waals surface area contributed by atoms with E-state index in [9.17, 15) is 14.0 Å².